The molecule has 2 N–H and O–H groups in total. The van der Waals surface area contributed by atoms with Crippen LogP contribution < -0.4 is 5.32 Å². The summed E-state index contributed by atoms with van der Waals surface area (Å²) < 4.78 is 0. The summed E-state index contributed by atoms with van der Waals surface area (Å²) in [5.74, 6) is 0.687. The van der Waals surface area contributed by atoms with E-state index in [0.29, 0.717) is 5.92 Å². The van der Waals surface area contributed by atoms with E-state index in [1.165, 1.54) is 41.4 Å². The summed E-state index contributed by atoms with van der Waals surface area (Å²) in [7, 11) is 0. The lowest BCUT2D eigenvalue weighted by atomic mass is 9.88. The summed E-state index contributed by atoms with van der Waals surface area (Å²) in [4.78, 5) is 3.35. The second-order valence-electron chi connectivity index (χ2n) is 4.78. The van der Waals surface area contributed by atoms with Crippen molar-refractivity contribution < 1.29 is 0 Å². The lowest BCUT2D eigenvalue weighted by Gasteiger charge is -2.24. The highest BCUT2D eigenvalue weighted by molar-refractivity contribution is 5.87. The summed E-state index contributed by atoms with van der Waals surface area (Å²) in [5.41, 5.74) is 4.17. The molecule has 2 heterocycles. The average Bonchev–Trinajstić information content (AvgIpc) is 2.73. The summed E-state index contributed by atoms with van der Waals surface area (Å²) in [6.07, 6.45) is 4.73. The zero-order valence-electron chi connectivity index (χ0n) is 10.1. The van der Waals surface area contributed by atoms with Crippen molar-refractivity contribution in [3.05, 3.63) is 35.5 Å². The van der Waals surface area contributed by atoms with Crippen molar-refractivity contribution in [1.82, 2.24) is 10.3 Å². The van der Waals surface area contributed by atoms with E-state index in [4.69, 9.17) is 0 Å². The highest BCUT2D eigenvalue weighted by Gasteiger charge is 2.18. The fourth-order valence-electron chi connectivity index (χ4n) is 2.85. The maximum Gasteiger partial charge on any atom is 0.0459 e. The number of aryl methyl sites for hydroxylation is 1. The summed E-state index contributed by atoms with van der Waals surface area (Å²) in [5, 5.41) is 4.94. The Hall–Kier alpha value is -0.990. The topological polar surface area (TPSA) is 27.8 Å². The molecule has 92 valence electrons. The molecule has 0 amide bonds. The van der Waals surface area contributed by atoms with Crippen LogP contribution >= 0.6 is 12.4 Å². The van der Waals surface area contributed by atoms with Gasteiger partial charge in [0.25, 0.3) is 0 Å². The van der Waals surface area contributed by atoms with Crippen molar-refractivity contribution in [2.75, 3.05) is 13.1 Å². The van der Waals surface area contributed by atoms with Gasteiger partial charge >= 0.3 is 0 Å². The molecule has 1 saturated heterocycles. The molecule has 0 saturated carbocycles. The number of benzene rings is 1. The highest BCUT2D eigenvalue weighted by Crippen LogP contribution is 2.31. The van der Waals surface area contributed by atoms with E-state index in [0.717, 1.165) is 6.54 Å². The van der Waals surface area contributed by atoms with Crippen molar-refractivity contribution in [2.24, 2.45) is 0 Å². The first-order valence-electron chi connectivity index (χ1n) is 6.13. The van der Waals surface area contributed by atoms with Crippen LogP contribution in [0.5, 0.6) is 0 Å². The number of aromatic nitrogens is 1. The van der Waals surface area contributed by atoms with Gasteiger partial charge in [-0.05, 0) is 49.4 Å². The maximum atomic E-state index is 3.50. The van der Waals surface area contributed by atoms with Gasteiger partial charge in [0, 0.05) is 23.6 Å². The van der Waals surface area contributed by atoms with Crippen LogP contribution in [0, 0.1) is 6.92 Å². The molecule has 3 heteroatoms. The Labute approximate surface area is 108 Å². The molecule has 1 aromatic heterocycles. The van der Waals surface area contributed by atoms with Crippen LogP contribution in [0.2, 0.25) is 0 Å². The Morgan fingerprint density at radius 3 is 2.94 bits per heavy atom. The van der Waals surface area contributed by atoms with Gasteiger partial charge in [0.15, 0.2) is 0 Å². The molecule has 0 spiro atoms. The molecule has 0 bridgehead atoms. The Balaban J connectivity index is 0.00000108. The number of H-pyrrole nitrogens is 1. The van der Waals surface area contributed by atoms with E-state index >= 15 is 0 Å². The summed E-state index contributed by atoms with van der Waals surface area (Å²) in [6.45, 7) is 4.50. The highest BCUT2D eigenvalue weighted by atomic mass is 35.5. The minimum Gasteiger partial charge on any atom is -0.361 e. The number of hydrogen-bond donors (Lipinski definition) is 2. The summed E-state index contributed by atoms with van der Waals surface area (Å²) >= 11 is 0. The van der Waals surface area contributed by atoms with Crippen molar-refractivity contribution >= 4 is 23.3 Å². The monoisotopic (exact) mass is 250 g/mol. The van der Waals surface area contributed by atoms with Crippen LogP contribution in [0.4, 0.5) is 0 Å². The van der Waals surface area contributed by atoms with Gasteiger partial charge in [0.1, 0.15) is 0 Å². The molecule has 0 radical (unpaired) electrons. The molecule has 1 atom stereocenters. The number of fused-ring (bicyclic) bond motifs is 1. The van der Waals surface area contributed by atoms with E-state index in [1.807, 2.05) is 0 Å². The normalized spacial score (nSPS) is 20.2. The Morgan fingerprint density at radius 2 is 2.18 bits per heavy atom. The molecule has 1 fully saturated rings. The minimum absolute atomic E-state index is 0. The van der Waals surface area contributed by atoms with Gasteiger partial charge in [-0.15, -0.1) is 12.4 Å². The van der Waals surface area contributed by atoms with Gasteiger partial charge in [-0.1, -0.05) is 12.1 Å². The number of rotatable bonds is 1. The maximum absolute atomic E-state index is 3.50. The first-order valence-corrected chi connectivity index (χ1v) is 6.13. The average molecular weight is 251 g/mol. The second-order valence-corrected chi connectivity index (χ2v) is 4.78. The Kier molecular flexibility index (Phi) is 3.75. The van der Waals surface area contributed by atoms with Gasteiger partial charge in [-0.25, -0.2) is 0 Å². The molecule has 1 aliphatic heterocycles. The van der Waals surface area contributed by atoms with Crippen LogP contribution in [0.3, 0.4) is 0 Å². The molecule has 3 rings (SSSR count). The third-order valence-corrected chi connectivity index (χ3v) is 3.67. The van der Waals surface area contributed by atoms with Gasteiger partial charge < -0.3 is 10.3 Å². The van der Waals surface area contributed by atoms with Gasteiger partial charge in [0.05, 0.1) is 0 Å². The Bertz CT molecular complexity index is 498. The number of nitrogens with one attached hydrogen (secondary N) is 2. The molecule has 17 heavy (non-hydrogen) atoms. The number of halogens is 1. The van der Waals surface area contributed by atoms with Crippen LogP contribution in [-0.4, -0.2) is 18.1 Å². The van der Waals surface area contributed by atoms with Crippen molar-refractivity contribution in [3.63, 3.8) is 0 Å². The van der Waals surface area contributed by atoms with E-state index in [9.17, 15) is 0 Å². The van der Waals surface area contributed by atoms with Gasteiger partial charge in [-0.3, -0.25) is 0 Å². The zero-order chi connectivity index (χ0) is 11.0. The Morgan fingerprint density at radius 1 is 1.29 bits per heavy atom. The molecule has 2 nitrogen and oxygen atoms in total. The van der Waals surface area contributed by atoms with Crippen molar-refractivity contribution in [2.45, 2.75) is 25.7 Å². The number of aromatic amines is 1. The van der Waals surface area contributed by atoms with Crippen LogP contribution in [0.15, 0.2) is 24.4 Å². The second kappa shape index (κ2) is 5.11. The smallest absolute Gasteiger partial charge is 0.0459 e. The van der Waals surface area contributed by atoms with Crippen LogP contribution in [0.25, 0.3) is 10.9 Å². The molecule has 1 unspecified atom stereocenters. The molecular weight excluding hydrogens is 232 g/mol. The molecule has 1 aromatic carbocycles. The first-order chi connectivity index (χ1) is 7.86. The van der Waals surface area contributed by atoms with E-state index in [-0.39, 0.29) is 12.4 Å². The van der Waals surface area contributed by atoms with E-state index in [2.05, 4.69) is 41.6 Å². The van der Waals surface area contributed by atoms with Crippen molar-refractivity contribution in [3.8, 4) is 0 Å². The molecule has 2 aromatic rings. The number of piperidine rings is 1. The minimum atomic E-state index is 0. The third kappa shape index (κ3) is 2.20. The standard InChI is InChI=1S/C14H18N2.ClH/c1-10-8-16-13-6-2-5-12(14(10)13)11-4-3-7-15-9-11;/h2,5-6,8,11,15-16H,3-4,7,9H2,1H3;1H. The predicted molar refractivity (Wildman–Crippen MR) is 75.1 cm³/mol. The van der Waals surface area contributed by atoms with Crippen molar-refractivity contribution in [1.29, 1.82) is 0 Å². The summed E-state index contributed by atoms with van der Waals surface area (Å²) in [6, 6.07) is 6.63. The lowest BCUT2D eigenvalue weighted by molar-refractivity contribution is 0.463. The van der Waals surface area contributed by atoms with Gasteiger partial charge in [0.2, 0.25) is 0 Å². The lowest BCUT2D eigenvalue weighted by Crippen LogP contribution is -2.28. The molecular formula is C14H19ClN2. The predicted octanol–water partition coefficient (Wildman–Crippen LogP) is 3.37. The van der Waals surface area contributed by atoms with Gasteiger partial charge in [-0.2, -0.15) is 0 Å². The SMILES string of the molecule is Cc1c[nH]c2cccc(C3CCCNC3)c12.Cl. The van der Waals surface area contributed by atoms with E-state index in [1.54, 1.807) is 0 Å². The van der Waals surface area contributed by atoms with E-state index < -0.39 is 0 Å². The van der Waals surface area contributed by atoms with Crippen LogP contribution in [-0.2, 0) is 0 Å². The largest absolute Gasteiger partial charge is 0.361 e. The fraction of sp³-hybridized carbons (Fsp3) is 0.429. The molecule has 1 aliphatic rings. The number of hydrogen-bond acceptors (Lipinski definition) is 1. The molecule has 0 aliphatic carbocycles. The third-order valence-electron chi connectivity index (χ3n) is 3.67. The first kappa shape index (κ1) is 12.5. The quantitative estimate of drug-likeness (QED) is 0.798. The zero-order valence-corrected chi connectivity index (χ0v) is 10.9. The fourth-order valence-corrected chi connectivity index (χ4v) is 2.85. The van der Waals surface area contributed by atoms with Crippen LogP contribution in [0.1, 0.15) is 29.9 Å².